The molecule has 0 radical (unpaired) electrons. The van der Waals surface area contributed by atoms with Crippen molar-refractivity contribution < 1.29 is 14.3 Å². The van der Waals surface area contributed by atoms with Gasteiger partial charge in [0.1, 0.15) is 5.69 Å². The van der Waals surface area contributed by atoms with Crippen molar-refractivity contribution in [3.8, 4) is 11.5 Å². The van der Waals surface area contributed by atoms with Gasteiger partial charge in [-0.2, -0.15) is 0 Å². The summed E-state index contributed by atoms with van der Waals surface area (Å²) in [7, 11) is 1.80. The van der Waals surface area contributed by atoms with Crippen molar-refractivity contribution in [3.05, 3.63) is 30.4 Å². The number of carbonyl (C=O) groups is 1. The van der Waals surface area contributed by atoms with Gasteiger partial charge in [0.15, 0.2) is 11.5 Å². The highest BCUT2D eigenvalue weighted by Gasteiger charge is 2.16. The molecule has 1 aliphatic heterocycles. The summed E-state index contributed by atoms with van der Waals surface area (Å²) in [5.41, 5.74) is 7.18. The number of imidazole rings is 1. The smallest absolute Gasteiger partial charge is 0.275 e. The third-order valence-corrected chi connectivity index (χ3v) is 3.11. The molecule has 0 atom stereocenters. The molecule has 0 fully saturated rings. The van der Waals surface area contributed by atoms with E-state index >= 15 is 0 Å². The highest BCUT2D eigenvalue weighted by atomic mass is 16.5. The number of benzene rings is 1. The fourth-order valence-corrected chi connectivity index (χ4v) is 2.05. The zero-order chi connectivity index (χ0) is 14.8. The number of hydrogen-bond donors (Lipinski definition) is 2. The maximum atomic E-state index is 12.1. The number of nitrogen functional groups attached to an aromatic ring is 1. The van der Waals surface area contributed by atoms with Crippen LogP contribution < -0.4 is 20.5 Å². The standard InChI is InChI=1S/C14H16N4O3/c1-18-7-11(16-8-18)14(19)17-10-6-13-12(5-9(10)15)20-3-2-4-21-13/h5-8H,2-4,15H2,1H3,(H,17,19). The van der Waals surface area contributed by atoms with Gasteiger partial charge in [-0.3, -0.25) is 4.79 Å². The van der Waals surface area contributed by atoms with Crippen LogP contribution in [0, 0.1) is 0 Å². The first-order chi connectivity index (χ1) is 10.1. The van der Waals surface area contributed by atoms with E-state index in [4.69, 9.17) is 15.2 Å². The molecule has 0 aliphatic carbocycles. The Labute approximate surface area is 121 Å². The van der Waals surface area contributed by atoms with Crippen LogP contribution in [0.15, 0.2) is 24.7 Å². The first-order valence-electron chi connectivity index (χ1n) is 6.62. The fourth-order valence-electron chi connectivity index (χ4n) is 2.05. The lowest BCUT2D eigenvalue weighted by molar-refractivity contribution is 0.102. The van der Waals surface area contributed by atoms with Crippen molar-refractivity contribution in [2.45, 2.75) is 6.42 Å². The molecule has 1 amide bonds. The number of nitrogens with two attached hydrogens (primary N) is 1. The highest BCUT2D eigenvalue weighted by Crippen LogP contribution is 2.36. The van der Waals surface area contributed by atoms with Crippen LogP contribution in [0.5, 0.6) is 11.5 Å². The topological polar surface area (TPSA) is 91.4 Å². The number of anilines is 2. The fraction of sp³-hybridized carbons (Fsp3) is 0.286. The molecule has 0 saturated carbocycles. The maximum Gasteiger partial charge on any atom is 0.275 e. The molecule has 2 heterocycles. The molecule has 7 heteroatoms. The minimum absolute atomic E-state index is 0.322. The van der Waals surface area contributed by atoms with Gasteiger partial charge in [-0.05, 0) is 0 Å². The second-order valence-corrected chi connectivity index (χ2v) is 4.82. The van der Waals surface area contributed by atoms with Crippen LogP contribution in [0.3, 0.4) is 0 Å². The minimum atomic E-state index is -0.322. The SMILES string of the molecule is Cn1cnc(C(=O)Nc2cc3c(cc2N)OCCCO3)c1. The van der Waals surface area contributed by atoms with Crippen LogP contribution in [0.1, 0.15) is 16.9 Å². The van der Waals surface area contributed by atoms with E-state index in [9.17, 15) is 4.79 Å². The lowest BCUT2D eigenvalue weighted by Crippen LogP contribution is -2.14. The van der Waals surface area contributed by atoms with Crippen molar-refractivity contribution in [1.82, 2.24) is 9.55 Å². The predicted octanol–water partition coefficient (Wildman–Crippen LogP) is 1.42. The van der Waals surface area contributed by atoms with Gasteiger partial charge in [-0.25, -0.2) is 4.98 Å². The molecular weight excluding hydrogens is 272 g/mol. The van der Waals surface area contributed by atoms with Gasteiger partial charge in [0.25, 0.3) is 5.91 Å². The monoisotopic (exact) mass is 288 g/mol. The maximum absolute atomic E-state index is 12.1. The van der Waals surface area contributed by atoms with Crippen LogP contribution in [-0.2, 0) is 7.05 Å². The van der Waals surface area contributed by atoms with Crippen molar-refractivity contribution in [2.24, 2.45) is 7.05 Å². The van der Waals surface area contributed by atoms with E-state index in [2.05, 4.69) is 10.3 Å². The van der Waals surface area contributed by atoms with Crippen molar-refractivity contribution >= 4 is 17.3 Å². The summed E-state index contributed by atoms with van der Waals surface area (Å²) in [6.07, 6.45) is 4.00. The van der Waals surface area contributed by atoms with Crippen LogP contribution in [0.25, 0.3) is 0 Å². The number of rotatable bonds is 2. The Bertz CT molecular complexity index is 681. The zero-order valence-corrected chi connectivity index (χ0v) is 11.6. The number of aromatic nitrogens is 2. The largest absolute Gasteiger partial charge is 0.489 e. The first kappa shape index (κ1) is 13.3. The number of fused-ring (bicyclic) bond motifs is 1. The van der Waals surface area contributed by atoms with Gasteiger partial charge in [0.05, 0.1) is 30.9 Å². The molecular formula is C14H16N4O3. The van der Waals surface area contributed by atoms with Gasteiger partial charge in [-0.15, -0.1) is 0 Å². The summed E-state index contributed by atoms with van der Waals surface area (Å²) in [6.45, 7) is 1.16. The summed E-state index contributed by atoms with van der Waals surface area (Å²) in [5.74, 6) is 0.857. The number of amides is 1. The molecule has 0 unspecified atom stereocenters. The summed E-state index contributed by atoms with van der Waals surface area (Å²) in [6, 6.07) is 3.34. The Morgan fingerprint density at radius 1 is 1.33 bits per heavy atom. The number of nitrogens with zero attached hydrogens (tertiary/aromatic N) is 2. The quantitative estimate of drug-likeness (QED) is 0.815. The summed E-state index contributed by atoms with van der Waals surface area (Å²) < 4.78 is 12.8. The molecule has 1 aromatic carbocycles. The molecule has 3 rings (SSSR count). The third-order valence-electron chi connectivity index (χ3n) is 3.11. The molecule has 0 bridgehead atoms. The van der Waals surface area contributed by atoms with Gasteiger partial charge < -0.3 is 25.1 Å². The second kappa shape index (κ2) is 5.35. The summed E-state index contributed by atoms with van der Waals surface area (Å²) >= 11 is 0. The van der Waals surface area contributed by atoms with Crippen LogP contribution in [0.2, 0.25) is 0 Å². The first-order valence-corrected chi connectivity index (χ1v) is 6.62. The third kappa shape index (κ3) is 2.76. The molecule has 0 spiro atoms. The Balaban J connectivity index is 1.85. The number of ether oxygens (including phenoxy) is 2. The van der Waals surface area contributed by atoms with E-state index in [1.165, 1.54) is 0 Å². The van der Waals surface area contributed by atoms with Crippen molar-refractivity contribution in [2.75, 3.05) is 24.3 Å². The van der Waals surface area contributed by atoms with Crippen molar-refractivity contribution in [1.29, 1.82) is 0 Å². The average Bonchev–Trinajstić information content (AvgIpc) is 2.76. The van der Waals surface area contributed by atoms with E-state index in [0.29, 0.717) is 41.8 Å². The molecule has 0 saturated heterocycles. The van der Waals surface area contributed by atoms with E-state index in [1.807, 2.05) is 0 Å². The van der Waals surface area contributed by atoms with Gasteiger partial charge in [0, 0.05) is 31.8 Å². The lowest BCUT2D eigenvalue weighted by Gasteiger charge is -2.12. The summed E-state index contributed by atoms with van der Waals surface area (Å²) in [4.78, 5) is 16.1. The number of carbonyl (C=O) groups excluding carboxylic acids is 1. The van der Waals surface area contributed by atoms with Gasteiger partial charge in [0.2, 0.25) is 0 Å². The summed E-state index contributed by atoms with van der Waals surface area (Å²) in [5, 5.41) is 2.74. The lowest BCUT2D eigenvalue weighted by atomic mass is 10.2. The van der Waals surface area contributed by atoms with E-state index < -0.39 is 0 Å². The van der Waals surface area contributed by atoms with Crippen LogP contribution in [-0.4, -0.2) is 28.7 Å². The number of aryl methyl sites for hydroxylation is 1. The van der Waals surface area contributed by atoms with Crippen LogP contribution >= 0.6 is 0 Å². The van der Waals surface area contributed by atoms with E-state index in [0.717, 1.165) is 6.42 Å². The van der Waals surface area contributed by atoms with Crippen molar-refractivity contribution in [3.63, 3.8) is 0 Å². The van der Waals surface area contributed by atoms with Gasteiger partial charge in [-0.1, -0.05) is 0 Å². The molecule has 2 aromatic rings. The normalized spacial score (nSPS) is 13.6. The van der Waals surface area contributed by atoms with E-state index in [1.54, 1.807) is 36.3 Å². The molecule has 21 heavy (non-hydrogen) atoms. The predicted molar refractivity (Wildman–Crippen MR) is 77.6 cm³/mol. The van der Waals surface area contributed by atoms with E-state index in [-0.39, 0.29) is 5.91 Å². The Hall–Kier alpha value is -2.70. The number of hydrogen-bond acceptors (Lipinski definition) is 5. The molecule has 3 N–H and O–H groups in total. The zero-order valence-electron chi connectivity index (χ0n) is 11.6. The molecule has 1 aliphatic rings. The molecule has 1 aromatic heterocycles. The highest BCUT2D eigenvalue weighted by molar-refractivity contribution is 6.04. The van der Waals surface area contributed by atoms with Crippen LogP contribution in [0.4, 0.5) is 11.4 Å². The number of nitrogens with one attached hydrogen (secondary N) is 1. The minimum Gasteiger partial charge on any atom is -0.489 e. The Morgan fingerprint density at radius 3 is 2.71 bits per heavy atom. The average molecular weight is 288 g/mol. The Morgan fingerprint density at radius 2 is 2.05 bits per heavy atom. The molecule has 7 nitrogen and oxygen atoms in total. The van der Waals surface area contributed by atoms with Gasteiger partial charge >= 0.3 is 0 Å². The second-order valence-electron chi connectivity index (χ2n) is 4.82. The Kier molecular flexibility index (Phi) is 3.39. The molecule has 110 valence electrons.